The molecule has 28 heavy (non-hydrogen) atoms. The average Bonchev–Trinajstić information content (AvgIpc) is 2.72. The van der Waals surface area contributed by atoms with Crippen molar-refractivity contribution in [2.75, 3.05) is 0 Å². The van der Waals surface area contributed by atoms with Crippen LogP contribution in [0.1, 0.15) is 52.0 Å². The monoisotopic (exact) mass is 389 g/mol. The summed E-state index contributed by atoms with van der Waals surface area (Å²) in [5, 5.41) is 3.25. The molecule has 0 heterocycles. The number of rotatable bonds is 7. The number of aryl methyl sites for hydroxylation is 2. The van der Waals surface area contributed by atoms with Gasteiger partial charge in [-0.3, -0.25) is 4.79 Å². The minimum absolute atomic E-state index is 0.0111. The lowest BCUT2D eigenvalue weighted by Crippen LogP contribution is -2.29. The predicted octanol–water partition coefficient (Wildman–Crippen LogP) is 6.48. The molecule has 0 spiro atoms. The Bertz CT molecular complexity index is 936. The molecule has 1 amide bonds. The number of amides is 1. The summed E-state index contributed by atoms with van der Waals surface area (Å²) in [6, 6.07) is 24.6. The zero-order valence-corrected chi connectivity index (χ0v) is 17.6. The van der Waals surface area contributed by atoms with Gasteiger partial charge < -0.3 is 5.32 Å². The number of nitrogens with one attached hydrogen (secondary N) is 1. The fraction of sp³-hybridized carbons (Fsp3) is 0.240. The van der Waals surface area contributed by atoms with Crippen LogP contribution >= 0.6 is 11.8 Å². The van der Waals surface area contributed by atoms with Crippen molar-refractivity contribution in [2.45, 2.75) is 43.9 Å². The summed E-state index contributed by atoms with van der Waals surface area (Å²) in [5.74, 6) is 0.836. The van der Waals surface area contributed by atoms with Gasteiger partial charge in [0.15, 0.2) is 0 Å². The standard InChI is InChI=1S/C25H27NOS/c1-4-23(21-15-14-18(2)16-19(21)3)26-25(27)22-12-8-9-13-24(22)28-17-20-10-6-5-7-11-20/h5-16,23H,4,17H2,1-3H3,(H,26,27)/t23-/m0/s1. The maximum Gasteiger partial charge on any atom is 0.252 e. The van der Waals surface area contributed by atoms with Crippen molar-refractivity contribution >= 4 is 17.7 Å². The molecular weight excluding hydrogens is 362 g/mol. The first kappa shape index (κ1) is 20.2. The highest BCUT2D eigenvalue weighted by atomic mass is 32.2. The summed E-state index contributed by atoms with van der Waals surface area (Å²) in [5.41, 5.74) is 5.65. The molecule has 0 radical (unpaired) electrons. The average molecular weight is 390 g/mol. The van der Waals surface area contributed by atoms with Crippen LogP contribution in [0.15, 0.2) is 77.7 Å². The minimum Gasteiger partial charge on any atom is -0.345 e. The third-order valence-corrected chi connectivity index (χ3v) is 6.03. The quantitative estimate of drug-likeness (QED) is 0.469. The van der Waals surface area contributed by atoms with Crippen LogP contribution in [0.3, 0.4) is 0 Å². The van der Waals surface area contributed by atoms with Crippen LogP contribution in [-0.2, 0) is 5.75 Å². The van der Waals surface area contributed by atoms with Gasteiger partial charge >= 0.3 is 0 Å². The molecule has 144 valence electrons. The van der Waals surface area contributed by atoms with Crippen LogP contribution in [-0.4, -0.2) is 5.91 Å². The zero-order valence-electron chi connectivity index (χ0n) is 16.7. The van der Waals surface area contributed by atoms with E-state index in [1.165, 1.54) is 22.3 Å². The lowest BCUT2D eigenvalue weighted by molar-refractivity contribution is 0.0932. The number of thioether (sulfide) groups is 1. The number of carbonyl (C=O) groups excluding carboxylic acids is 1. The van der Waals surface area contributed by atoms with Crippen molar-refractivity contribution in [1.29, 1.82) is 0 Å². The van der Waals surface area contributed by atoms with Crippen molar-refractivity contribution in [3.63, 3.8) is 0 Å². The zero-order chi connectivity index (χ0) is 19.9. The van der Waals surface area contributed by atoms with Crippen LogP contribution in [0.25, 0.3) is 0 Å². The van der Waals surface area contributed by atoms with E-state index in [-0.39, 0.29) is 11.9 Å². The number of benzene rings is 3. The second kappa shape index (κ2) is 9.61. The van der Waals surface area contributed by atoms with Gasteiger partial charge in [-0.25, -0.2) is 0 Å². The SMILES string of the molecule is CC[C@H](NC(=O)c1ccccc1SCc1ccccc1)c1ccc(C)cc1C. The summed E-state index contributed by atoms with van der Waals surface area (Å²) >= 11 is 1.70. The van der Waals surface area contributed by atoms with Crippen LogP contribution in [0.5, 0.6) is 0 Å². The molecule has 0 unspecified atom stereocenters. The van der Waals surface area contributed by atoms with Crippen molar-refractivity contribution in [1.82, 2.24) is 5.32 Å². The van der Waals surface area contributed by atoms with Gasteiger partial charge in [0.25, 0.3) is 5.91 Å². The molecule has 0 aliphatic heterocycles. The van der Waals surface area contributed by atoms with E-state index >= 15 is 0 Å². The Balaban J connectivity index is 1.76. The third kappa shape index (κ3) is 5.05. The van der Waals surface area contributed by atoms with Gasteiger partial charge in [-0.05, 0) is 49.1 Å². The molecule has 1 N–H and O–H groups in total. The van der Waals surface area contributed by atoms with E-state index in [0.29, 0.717) is 0 Å². The minimum atomic E-state index is -0.0111. The molecule has 0 saturated heterocycles. The first-order chi connectivity index (χ1) is 13.6. The molecule has 3 rings (SSSR count). The van der Waals surface area contributed by atoms with E-state index in [2.05, 4.69) is 56.4 Å². The maximum atomic E-state index is 13.1. The van der Waals surface area contributed by atoms with E-state index in [1.54, 1.807) is 11.8 Å². The normalized spacial score (nSPS) is 11.8. The van der Waals surface area contributed by atoms with Gasteiger partial charge in [0.1, 0.15) is 0 Å². The number of hydrogen-bond acceptors (Lipinski definition) is 2. The summed E-state index contributed by atoms with van der Waals surface area (Å²) in [4.78, 5) is 14.1. The van der Waals surface area contributed by atoms with E-state index in [9.17, 15) is 4.79 Å². The molecular formula is C25H27NOS. The summed E-state index contributed by atoms with van der Waals surface area (Å²) < 4.78 is 0. The van der Waals surface area contributed by atoms with E-state index < -0.39 is 0 Å². The van der Waals surface area contributed by atoms with E-state index in [4.69, 9.17) is 0 Å². The molecule has 0 fully saturated rings. The maximum absolute atomic E-state index is 13.1. The largest absolute Gasteiger partial charge is 0.345 e. The molecule has 0 aromatic heterocycles. The fourth-order valence-electron chi connectivity index (χ4n) is 3.37. The highest BCUT2D eigenvalue weighted by Crippen LogP contribution is 2.28. The molecule has 2 nitrogen and oxygen atoms in total. The lowest BCUT2D eigenvalue weighted by Gasteiger charge is -2.21. The van der Waals surface area contributed by atoms with Crippen LogP contribution in [0, 0.1) is 13.8 Å². The van der Waals surface area contributed by atoms with Gasteiger partial charge in [-0.1, -0.05) is 73.2 Å². The van der Waals surface area contributed by atoms with Crippen molar-refractivity contribution in [3.8, 4) is 0 Å². The van der Waals surface area contributed by atoms with Gasteiger partial charge in [0.05, 0.1) is 11.6 Å². The molecule has 3 aromatic rings. The van der Waals surface area contributed by atoms with E-state index in [1.807, 2.05) is 42.5 Å². The second-order valence-corrected chi connectivity index (χ2v) is 8.08. The highest BCUT2D eigenvalue weighted by Gasteiger charge is 2.18. The van der Waals surface area contributed by atoms with Crippen LogP contribution in [0.2, 0.25) is 0 Å². The Kier molecular flexibility index (Phi) is 6.94. The number of carbonyl (C=O) groups is 1. The van der Waals surface area contributed by atoms with Crippen LogP contribution in [0.4, 0.5) is 0 Å². The molecule has 3 aromatic carbocycles. The van der Waals surface area contributed by atoms with Gasteiger partial charge in [-0.15, -0.1) is 11.8 Å². The summed E-state index contributed by atoms with van der Waals surface area (Å²) in [6.45, 7) is 6.32. The first-order valence-electron chi connectivity index (χ1n) is 9.72. The predicted molar refractivity (Wildman–Crippen MR) is 119 cm³/mol. The van der Waals surface area contributed by atoms with Crippen molar-refractivity contribution < 1.29 is 4.79 Å². The van der Waals surface area contributed by atoms with Crippen molar-refractivity contribution in [3.05, 3.63) is 101 Å². The van der Waals surface area contributed by atoms with Gasteiger partial charge in [0.2, 0.25) is 0 Å². The molecule has 0 saturated carbocycles. The van der Waals surface area contributed by atoms with E-state index in [0.717, 1.165) is 22.6 Å². The Morgan fingerprint density at radius 1 is 0.964 bits per heavy atom. The third-order valence-electron chi connectivity index (χ3n) is 4.88. The smallest absolute Gasteiger partial charge is 0.252 e. The van der Waals surface area contributed by atoms with Crippen LogP contribution < -0.4 is 5.32 Å². The molecule has 1 atom stereocenters. The number of hydrogen-bond donors (Lipinski definition) is 1. The molecule has 0 aliphatic rings. The second-order valence-electron chi connectivity index (χ2n) is 7.06. The Morgan fingerprint density at radius 2 is 1.68 bits per heavy atom. The topological polar surface area (TPSA) is 29.1 Å². The summed E-state index contributed by atoms with van der Waals surface area (Å²) in [7, 11) is 0. The Morgan fingerprint density at radius 3 is 2.39 bits per heavy atom. The lowest BCUT2D eigenvalue weighted by atomic mass is 9.97. The summed E-state index contributed by atoms with van der Waals surface area (Å²) in [6.07, 6.45) is 0.856. The molecule has 3 heteroatoms. The molecule has 0 bridgehead atoms. The highest BCUT2D eigenvalue weighted by molar-refractivity contribution is 7.98. The Hall–Kier alpha value is -2.52. The molecule has 0 aliphatic carbocycles. The Labute approximate surface area is 172 Å². The van der Waals surface area contributed by atoms with Gasteiger partial charge in [0, 0.05) is 10.6 Å². The fourth-order valence-corrected chi connectivity index (χ4v) is 4.37. The first-order valence-corrected chi connectivity index (χ1v) is 10.7. The van der Waals surface area contributed by atoms with Crippen molar-refractivity contribution in [2.24, 2.45) is 0 Å². The van der Waals surface area contributed by atoms with Gasteiger partial charge in [-0.2, -0.15) is 0 Å².